The third-order valence-electron chi connectivity index (χ3n) is 3.01. The van der Waals surface area contributed by atoms with E-state index in [1.54, 1.807) is 6.07 Å². The van der Waals surface area contributed by atoms with Crippen molar-refractivity contribution in [3.63, 3.8) is 0 Å². The van der Waals surface area contributed by atoms with Crippen LogP contribution < -0.4 is 10.6 Å². The highest BCUT2D eigenvalue weighted by Gasteiger charge is 2.28. The maximum Gasteiger partial charge on any atom is 0.245 e. The van der Waals surface area contributed by atoms with E-state index in [1.807, 2.05) is 34.6 Å². The van der Waals surface area contributed by atoms with Crippen LogP contribution in [-0.2, 0) is 10.2 Å². The molecular weight excluding hydrogens is 254 g/mol. The number of hydrogen-bond donors (Lipinski definition) is 2. The Morgan fingerprint density at radius 1 is 1.30 bits per heavy atom. The van der Waals surface area contributed by atoms with Crippen LogP contribution in [0.1, 0.15) is 54.2 Å². The van der Waals surface area contributed by atoms with Gasteiger partial charge in [0.1, 0.15) is 5.76 Å². The number of hydrogen-bond acceptors (Lipinski definition) is 4. The SMILES string of the molecule is CC(C)CNC(C)(C)C(=O)Nc1cc(C(C)(C)C)on1. The molecule has 1 aromatic heterocycles. The normalized spacial score (nSPS) is 12.8. The minimum atomic E-state index is -0.648. The molecule has 0 aliphatic rings. The van der Waals surface area contributed by atoms with Gasteiger partial charge in [0, 0.05) is 11.5 Å². The van der Waals surface area contributed by atoms with E-state index < -0.39 is 5.54 Å². The third-order valence-corrected chi connectivity index (χ3v) is 3.01. The Labute approximate surface area is 121 Å². The van der Waals surface area contributed by atoms with E-state index in [4.69, 9.17) is 4.52 Å². The molecule has 0 atom stereocenters. The van der Waals surface area contributed by atoms with Gasteiger partial charge in [-0.2, -0.15) is 0 Å². The number of nitrogens with zero attached hydrogens (tertiary/aromatic N) is 1. The highest BCUT2D eigenvalue weighted by molar-refractivity contribution is 5.96. The molecule has 0 saturated carbocycles. The fourth-order valence-electron chi connectivity index (χ4n) is 1.50. The first-order valence-electron chi connectivity index (χ1n) is 7.06. The van der Waals surface area contributed by atoms with Crippen LogP contribution in [0.2, 0.25) is 0 Å². The molecule has 0 spiro atoms. The van der Waals surface area contributed by atoms with E-state index in [2.05, 4.69) is 29.6 Å². The lowest BCUT2D eigenvalue weighted by molar-refractivity contribution is -0.121. The Kier molecular flexibility index (Phi) is 4.97. The van der Waals surface area contributed by atoms with Crippen molar-refractivity contribution in [2.24, 2.45) is 5.92 Å². The lowest BCUT2D eigenvalue weighted by atomic mass is 9.93. The average molecular weight is 281 g/mol. The van der Waals surface area contributed by atoms with Gasteiger partial charge in [0.05, 0.1) is 5.54 Å². The maximum absolute atomic E-state index is 12.3. The second-order valence-corrected chi connectivity index (χ2v) is 7.18. The molecule has 0 fully saturated rings. The standard InChI is InChI=1S/C15H27N3O2/c1-10(2)9-16-15(6,7)13(19)17-12-8-11(20-18-12)14(3,4)5/h8,10,16H,9H2,1-7H3,(H,17,18,19). The zero-order chi connectivity index (χ0) is 15.6. The van der Waals surface area contributed by atoms with E-state index in [-0.39, 0.29) is 11.3 Å². The molecule has 5 nitrogen and oxygen atoms in total. The van der Waals surface area contributed by atoms with Crippen molar-refractivity contribution in [1.82, 2.24) is 10.5 Å². The summed E-state index contributed by atoms with van der Waals surface area (Å²) in [6, 6.07) is 1.77. The van der Waals surface area contributed by atoms with Gasteiger partial charge >= 0.3 is 0 Å². The summed E-state index contributed by atoms with van der Waals surface area (Å²) in [5, 5.41) is 9.93. The molecule has 1 rings (SSSR count). The van der Waals surface area contributed by atoms with Crippen LogP contribution in [-0.4, -0.2) is 23.1 Å². The van der Waals surface area contributed by atoms with Crippen LogP contribution in [0.5, 0.6) is 0 Å². The minimum Gasteiger partial charge on any atom is -0.359 e. The predicted octanol–water partition coefficient (Wildman–Crippen LogP) is 2.93. The second kappa shape index (κ2) is 5.95. The lowest BCUT2D eigenvalue weighted by Gasteiger charge is -2.25. The first kappa shape index (κ1) is 16.7. The fraction of sp³-hybridized carbons (Fsp3) is 0.733. The summed E-state index contributed by atoms with van der Waals surface area (Å²) in [4.78, 5) is 12.3. The van der Waals surface area contributed by atoms with E-state index in [0.717, 1.165) is 12.3 Å². The lowest BCUT2D eigenvalue weighted by Crippen LogP contribution is -2.51. The quantitative estimate of drug-likeness (QED) is 0.870. The highest BCUT2D eigenvalue weighted by atomic mass is 16.5. The molecule has 0 saturated heterocycles. The van der Waals surface area contributed by atoms with Crippen LogP contribution in [0.25, 0.3) is 0 Å². The molecule has 1 heterocycles. The van der Waals surface area contributed by atoms with Crippen LogP contribution in [0, 0.1) is 5.92 Å². The first-order valence-corrected chi connectivity index (χ1v) is 7.06. The maximum atomic E-state index is 12.3. The molecule has 1 amide bonds. The van der Waals surface area contributed by atoms with Gasteiger partial charge in [-0.1, -0.05) is 39.8 Å². The summed E-state index contributed by atoms with van der Waals surface area (Å²) in [5.74, 6) is 1.58. The topological polar surface area (TPSA) is 67.2 Å². The van der Waals surface area contributed by atoms with Gasteiger partial charge in [0.25, 0.3) is 0 Å². The number of amides is 1. The Balaban J connectivity index is 2.68. The summed E-state index contributed by atoms with van der Waals surface area (Å²) in [7, 11) is 0. The molecule has 1 aromatic rings. The van der Waals surface area contributed by atoms with E-state index in [0.29, 0.717) is 11.7 Å². The molecule has 114 valence electrons. The molecule has 20 heavy (non-hydrogen) atoms. The Bertz CT molecular complexity index is 456. The van der Waals surface area contributed by atoms with Crippen molar-refractivity contribution in [3.05, 3.63) is 11.8 Å². The smallest absolute Gasteiger partial charge is 0.245 e. The van der Waals surface area contributed by atoms with Crippen LogP contribution in [0.3, 0.4) is 0 Å². The van der Waals surface area contributed by atoms with Crippen molar-refractivity contribution in [2.45, 2.75) is 59.4 Å². The van der Waals surface area contributed by atoms with Crippen molar-refractivity contribution < 1.29 is 9.32 Å². The molecule has 0 aromatic carbocycles. The molecule has 0 radical (unpaired) electrons. The molecular formula is C15H27N3O2. The van der Waals surface area contributed by atoms with Gasteiger partial charge in [0.15, 0.2) is 5.82 Å². The van der Waals surface area contributed by atoms with E-state index >= 15 is 0 Å². The summed E-state index contributed by atoms with van der Waals surface area (Å²) in [6.45, 7) is 14.8. The average Bonchev–Trinajstić information content (AvgIpc) is 2.74. The number of nitrogens with one attached hydrogen (secondary N) is 2. The molecule has 2 N–H and O–H groups in total. The summed E-state index contributed by atoms with van der Waals surface area (Å²) >= 11 is 0. The van der Waals surface area contributed by atoms with Crippen LogP contribution in [0.4, 0.5) is 5.82 Å². The summed E-state index contributed by atoms with van der Waals surface area (Å²) < 4.78 is 5.26. The fourth-order valence-corrected chi connectivity index (χ4v) is 1.50. The molecule has 0 unspecified atom stereocenters. The Hall–Kier alpha value is -1.36. The molecule has 0 aliphatic heterocycles. The van der Waals surface area contributed by atoms with Gasteiger partial charge in [-0.15, -0.1) is 0 Å². The number of rotatable bonds is 5. The van der Waals surface area contributed by atoms with Gasteiger partial charge in [0.2, 0.25) is 5.91 Å². The Morgan fingerprint density at radius 2 is 1.90 bits per heavy atom. The van der Waals surface area contributed by atoms with Gasteiger partial charge in [-0.25, -0.2) is 0 Å². The number of anilines is 1. The minimum absolute atomic E-state index is 0.119. The first-order chi connectivity index (χ1) is 9.02. The molecule has 0 bridgehead atoms. The second-order valence-electron chi connectivity index (χ2n) is 7.18. The van der Waals surface area contributed by atoms with Gasteiger partial charge in [-0.3, -0.25) is 4.79 Å². The highest BCUT2D eigenvalue weighted by Crippen LogP contribution is 2.24. The van der Waals surface area contributed by atoms with Crippen LogP contribution >= 0.6 is 0 Å². The predicted molar refractivity (Wildman–Crippen MR) is 80.8 cm³/mol. The zero-order valence-corrected chi connectivity index (χ0v) is 13.6. The number of carbonyl (C=O) groups excluding carboxylic acids is 1. The van der Waals surface area contributed by atoms with Crippen molar-refractivity contribution in [1.29, 1.82) is 0 Å². The van der Waals surface area contributed by atoms with Crippen molar-refractivity contribution in [2.75, 3.05) is 11.9 Å². The Morgan fingerprint density at radius 3 is 2.35 bits per heavy atom. The van der Waals surface area contributed by atoms with Gasteiger partial charge < -0.3 is 15.2 Å². The van der Waals surface area contributed by atoms with Gasteiger partial charge in [-0.05, 0) is 26.3 Å². The summed E-state index contributed by atoms with van der Waals surface area (Å²) in [5.41, 5.74) is -0.771. The summed E-state index contributed by atoms with van der Waals surface area (Å²) in [6.07, 6.45) is 0. The zero-order valence-electron chi connectivity index (χ0n) is 13.6. The van der Waals surface area contributed by atoms with Crippen molar-refractivity contribution >= 4 is 11.7 Å². The third kappa shape index (κ3) is 4.63. The molecule has 5 heteroatoms. The number of aromatic nitrogens is 1. The van der Waals surface area contributed by atoms with E-state index in [1.165, 1.54) is 0 Å². The number of carbonyl (C=O) groups is 1. The monoisotopic (exact) mass is 281 g/mol. The van der Waals surface area contributed by atoms with Crippen molar-refractivity contribution in [3.8, 4) is 0 Å². The van der Waals surface area contributed by atoms with E-state index in [9.17, 15) is 4.79 Å². The largest absolute Gasteiger partial charge is 0.359 e. The van der Waals surface area contributed by atoms with Crippen LogP contribution in [0.15, 0.2) is 10.6 Å². The molecule has 0 aliphatic carbocycles.